The third-order valence-electron chi connectivity index (χ3n) is 7.31. The van der Waals surface area contributed by atoms with Gasteiger partial charge in [0.05, 0.1) is 16.2 Å². The zero-order valence-corrected chi connectivity index (χ0v) is 23.2. The Hall–Kier alpha value is -4.18. The molecule has 0 aliphatic carbocycles. The lowest BCUT2D eigenvalue weighted by molar-refractivity contribution is -0.112. The van der Waals surface area contributed by atoms with Crippen LogP contribution in [0, 0.1) is 6.92 Å². The van der Waals surface area contributed by atoms with Crippen molar-refractivity contribution in [1.29, 1.82) is 0 Å². The van der Waals surface area contributed by atoms with Gasteiger partial charge in [-0.1, -0.05) is 30.3 Å². The number of Topliss-reactive ketones (excluding diaryl/α,β-unsaturated/α-hetero) is 1. The summed E-state index contributed by atoms with van der Waals surface area (Å²) in [6.07, 6.45) is 3.51. The van der Waals surface area contributed by atoms with Crippen LogP contribution in [0.2, 0.25) is 0 Å². The summed E-state index contributed by atoms with van der Waals surface area (Å²) in [6.45, 7) is 4.73. The van der Waals surface area contributed by atoms with Crippen molar-refractivity contribution in [2.75, 3.05) is 41.4 Å². The van der Waals surface area contributed by atoms with Gasteiger partial charge in [-0.3, -0.25) is 9.59 Å². The van der Waals surface area contributed by atoms with E-state index in [2.05, 4.69) is 41.0 Å². The molecule has 1 atom stereocenters. The van der Waals surface area contributed by atoms with Crippen LogP contribution in [-0.4, -0.2) is 58.5 Å². The van der Waals surface area contributed by atoms with Gasteiger partial charge in [0.25, 0.3) is 11.7 Å². The van der Waals surface area contributed by atoms with E-state index in [0.29, 0.717) is 29.7 Å². The van der Waals surface area contributed by atoms with Crippen LogP contribution < -0.4 is 19.9 Å². The summed E-state index contributed by atoms with van der Waals surface area (Å²) in [6, 6.07) is 17.2. The number of ether oxygens (including phenoxy) is 1. The minimum atomic E-state index is -0.690. The van der Waals surface area contributed by atoms with Crippen LogP contribution in [0.15, 0.2) is 71.5 Å². The van der Waals surface area contributed by atoms with E-state index >= 15 is 0 Å². The number of hydrogen-bond acceptors (Lipinski definition) is 7. The van der Waals surface area contributed by atoms with Crippen molar-refractivity contribution in [2.45, 2.75) is 13.0 Å². The molecule has 39 heavy (non-hydrogen) atoms. The number of amides is 1. The van der Waals surface area contributed by atoms with Crippen molar-refractivity contribution in [3.05, 3.63) is 82.9 Å². The minimum absolute atomic E-state index is 0.150. The van der Waals surface area contributed by atoms with Crippen molar-refractivity contribution >= 4 is 44.9 Å². The molecule has 0 unspecified atom stereocenters. The standard InChI is InChI=1S/C29H27BrN6O3/c1-18-12-23(19-6-4-3-5-7-19)26(34(18)2)27(37)28(38)33-21-8-9-24-25(13-21)39-17-22-16-35(10-11-36(22)24)29-31-14-20(30)15-32-29/h3-9,12-15,22H,10-11,16-17H2,1-2H3,(H,33,38)/t22-/m1/s1. The highest BCUT2D eigenvalue weighted by molar-refractivity contribution is 9.10. The first-order valence-electron chi connectivity index (χ1n) is 12.7. The number of carbonyl (C=O) groups excluding carboxylic acids is 2. The van der Waals surface area contributed by atoms with Crippen LogP contribution in [0.5, 0.6) is 5.75 Å². The van der Waals surface area contributed by atoms with E-state index in [1.807, 2.05) is 55.5 Å². The average molecular weight is 587 g/mol. The van der Waals surface area contributed by atoms with Gasteiger partial charge < -0.3 is 24.4 Å². The Morgan fingerprint density at radius 1 is 1.05 bits per heavy atom. The first kappa shape index (κ1) is 25.1. The van der Waals surface area contributed by atoms with E-state index in [0.717, 1.165) is 46.6 Å². The fraction of sp³-hybridized carbons (Fsp3) is 0.241. The summed E-state index contributed by atoms with van der Waals surface area (Å²) in [5.41, 5.74) is 4.37. The smallest absolute Gasteiger partial charge is 0.298 e. The average Bonchev–Trinajstić information content (AvgIpc) is 3.26. The highest BCUT2D eigenvalue weighted by atomic mass is 79.9. The molecule has 0 radical (unpaired) electrons. The van der Waals surface area contributed by atoms with E-state index in [1.165, 1.54) is 0 Å². The fourth-order valence-corrected chi connectivity index (χ4v) is 5.44. The molecular weight excluding hydrogens is 560 g/mol. The van der Waals surface area contributed by atoms with Crippen molar-refractivity contribution in [3.8, 4) is 16.9 Å². The van der Waals surface area contributed by atoms with Gasteiger partial charge in [0.15, 0.2) is 0 Å². The number of aromatic nitrogens is 3. The molecule has 198 valence electrons. The second-order valence-electron chi connectivity index (χ2n) is 9.74. The lowest BCUT2D eigenvalue weighted by Gasteiger charge is -2.45. The van der Waals surface area contributed by atoms with E-state index < -0.39 is 11.7 Å². The number of nitrogens with zero attached hydrogens (tertiary/aromatic N) is 5. The Bertz CT molecular complexity index is 1550. The maximum Gasteiger partial charge on any atom is 0.298 e. The van der Waals surface area contributed by atoms with Crippen LogP contribution in [-0.2, 0) is 11.8 Å². The monoisotopic (exact) mass is 586 g/mol. The van der Waals surface area contributed by atoms with Gasteiger partial charge >= 0.3 is 0 Å². The molecule has 4 aromatic rings. The quantitative estimate of drug-likeness (QED) is 0.272. The molecular formula is C29H27BrN6O3. The molecule has 1 saturated heterocycles. The van der Waals surface area contributed by atoms with Gasteiger partial charge in [0.1, 0.15) is 18.1 Å². The second kappa shape index (κ2) is 10.2. The molecule has 2 aliphatic rings. The molecule has 2 aromatic carbocycles. The molecule has 1 amide bonds. The Morgan fingerprint density at radius 3 is 2.59 bits per heavy atom. The van der Waals surface area contributed by atoms with Gasteiger partial charge in [0, 0.05) is 62.1 Å². The van der Waals surface area contributed by atoms with Crippen LogP contribution in [0.25, 0.3) is 11.1 Å². The maximum absolute atomic E-state index is 13.3. The van der Waals surface area contributed by atoms with Gasteiger partial charge in [0.2, 0.25) is 5.95 Å². The van der Waals surface area contributed by atoms with E-state index in [4.69, 9.17) is 4.74 Å². The number of anilines is 3. The number of fused-ring (bicyclic) bond motifs is 3. The zero-order chi connectivity index (χ0) is 27.1. The van der Waals surface area contributed by atoms with E-state index in [1.54, 1.807) is 30.1 Å². The molecule has 4 heterocycles. The highest BCUT2D eigenvalue weighted by Gasteiger charge is 2.34. The van der Waals surface area contributed by atoms with Crippen LogP contribution in [0.1, 0.15) is 16.2 Å². The summed E-state index contributed by atoms with van der Waals surface area (Å²) < 4.78 is 8.72. The maximum atomic E-state index is 13.3. The van der Waals surface area contributed by atoms with Gasteiger partial charge in [-0.25, -0.2) is 9.97 Å². The zero-order valence-electron chi connectivity index (χ0n) is 21.6. The van der Waals surface area contributed by atoms with Crippen molar-refractivity contribution in [3.63, 3.8) is 0 Å². The molecule has 9 nitrogen and oxygen atoms in total. The number of piperazine rings is 1. The van der Waals surface area contributed by atoms with E-state index in [-0.39, 0.29) is 6.04 Å². The van der Waals surface area contributed by atoms with Gasteiger partial charge in [-0.2, -0.15) is 0 Å². The van der Waals surface area contributed by atoms with Gasteiger partial charge in [-0.15, -0.1) is 0 Å². The predicted molar refractivity (Wildman–Crippen MR) is 154 cm³/mol. The normalized spacial score (nSPS) is 16.2. The Labute approximate surface area is 234 Å². The highest BCUT2D eigenvalue weighted by Crippen LogP contribution is 2.38. The molecule has 10 heteroatoms. The number of carbonyl (C=O) groups is 2. The Balaban J connectivity index is 1.18. The lowest BCUT2D eigenvalue weighted by atomic mass is 10.0. The number of rotatable bonds is 5. The van der Waals surface area contributed by atoms with E-state index in [9.17, 15) is 9.59 Å². The molecule has 1 fully saturated rings. The number of hydrogen-bond donors (Lipinski definition) is 1. The van der Waals surface area contributed by atoms with Crippen molar-refractivity contribution < 1.29 is 14.3 Å². The molecule has 2 aromatic heterocycles. The molecule has 1 N–H and O–H groups in total. The SMILES string of the molecule is Cc1cc(-c2ccccc2)c(C(=O)C(=O)Nc2ccc3c(c2)OC[C@H]2CN(c4ncc(Br)cn4)CCN32)n1C. The number of aryl methyl sites for hydroxylation is 1. The number of ketones is 1. The van der Waals surface area contributed by atoms with Crippen LogP contribution in [0.4, 0.5) is 17.3 Å². The largest absolute Gasteiger partial charge is 0.489 e. The number of benzene rings is 2. The summed E-state index contributed by atoms with van der Waals surface area (Å²) in [4.78, 5) is 39.8. The Kier molecular flexibility index (Phi) is 6.56. The van der Waals surface area contributed by atoms with Crippen molar-refractivity contribution in [2.24, 2.45) is 7.05 Å². The first-order chi connectivity index (χ1) is 18.9. The molecule has 0 spiro atoms. The Morgan fingerprint density at radius 2 is 1.82 bits per heavy atom. The third-order valence-corrected chi connectivity index (χ3v) is 7.72. The summed E-state index contributed by atoms with van der Waals surface area (Å²) in [5, 5.41) is 2.78. The molecule has 0 bridgehead atoms. The summed E-state index contributed by atoms with van der Waals surface area (Å²) in [5.74, 6) is 0.110. The molecule has 2 aliphatic heterocycles. The number of halogens is 1. The summed E-state index contributed by atoms with van der Waals surface area (Å²) in [7, 11) is 1.80. The topological polar surface area (TPSA) is 92.6 Å². The molecule has 0 saturated carbocycles. The predicted octanol–water partition coefficient (Wildman–Crippen LogP) is 4.46. The first-order valence-corrected chi connectivity index (χ1v) is 13.5. The number of nitrogens with one attached hydrogen (secondary N) is 1. The fourth-order valence-electron chi connectivity index (χ4n) is 5.24. The van der Waals surface area contributed by atoms with Crippen LogP contribution in [0.3, 0.4) is 0 Å². The lowest BCUT2D eigenvalue weighted by Crippen LogP contribution is -2.57. The second-order valence-corrected chi connectivity index (χ2v) is 10.7. The minimum Gasteiger partial charge on any atom is -0.489 e. The summed E-state index contributed by atoms with van der Waals surface area (Å²) >= 11 is 3.38. The third kappa shape index (κ3) is 4.76. The van der Waals surface area contributed by atoms with Crippen LogP contribution >= 0.6 is 15.9 Å². The molecule has 6 rings (SSSR count). The van der Waals surface area contributed by atoms with Crippen molar-refractivity contribution in [1.82, 2.24) is 14.5 Å². The van der Waals surface area contributed by atoms with Gasteiger partial charge in [-0.05, 0) is 46.6 Å².